The van der Waals surface area contributed by atoms with Crippen molar-refractivity contribution in [3.63, 3.8) is 0 Å². The lowest BCUT2D eigenvalue weighted by Gasteiger charge is -2.07. The number of hydrogen-bond donors (Lipinski definition) is 1. The Balaban J connectivity index is 1.91. The van der Waals surface area contributed by atoms with Crippen molar-refractivity contribution in [2.45, 2.75) is 0 Å². The Labute approximate surface area is 128 Å². The van der Waals surface area contributed by atoms with Crippen molar-refractivity contribution in [3.05, 3.63) is 54.6 Å². The molecule has 3 nitrogen and oxygen atoms in total. The Kier molecular flexibility index (Phi) is 4.19. The van der Waals surface area contributed by atoms with Gasteiger partial charge in [0.2, 0.25) is 0 Å². The molecule has 0 bridgehead atoms. The fraction of sp³-hybridized carbons (Fsp3) is 0.167. The number of fused-ring (bicyclic) bond motifs is 1. The molecule has 0 saturated carbocycles. The van der Waals surface area contributed by atoms with Crippen molar-refractivity contribution in [1.29, 1.82) is 0 Å². The zero-order chi connectivity index (χ0) is 15.4. The van der Waals surface area contributed by atoms with E-state index in [1.807, 2.05) is 61.6 Å². The van der Waals surface area contributed by atoms with Crippen LogP contribution in [0.2, 0.25) is 0 Å². The first kappa shape index (κ1) is 14.3. The molecular weight excluding hydrogens is 278 g/mol. The molecule has 0 aliphatic carbocycles. The summed E-state index contributed by atoms with van der Waals surface area (Å²) in [7, 11) is 1.89. The van der Waals surface area contributed by atoms with E-state index in [1.54, 1.807) is 0 Å². The summed E-state index contributed by atoms with van der Waals surface area (Å²) in [6, 6.07) is 17.7. The van der Waals surface area contributed by atoms with E-state index in [4.69, 9.17) is 4.74 Å². The number of pyridine rings is 1. The fourth-order valence-electron chi connectivity index (χ4n) is 2.32. The Morgan fingerprint density at radius 3 is 2.59 bits per heavy atom. The van der Waals surface area contributed by atoms with Gasteiger partial charge in [-0.05, 0) is 36.4 Å². The predicted octanol–water partition coefficient (Wildman–Crippen LogP) is 4.29. The normalized spacial score (nSPS) is 10.6. The Morgan fingerprint density at radius 2 is 1.86 bits per heavy atom. The van der Waals surface area contributed by atoms with Crippen LogP contribution in [-0.4, -0.2) is 25.3 Å². The maximum Gasteiger partial charge on any atom is 0.123 e. The quantitative estimate of drug-likeness (QED) is 0.762. The average Bonchev–Trinajstić information content (AvgIpc) is 2.59. The molecule has 22 heavy (non-hydrogen) atoms. The first-order chi connectivity index (χ1) is 10.8. The van der Waals surface area contributed by atoms with Crippen LogP contribution in [0.1, 0.15) is 0 Å². The maximum absolute atomic E-state index is 12.1. The third-order valence-electron chi connectivity index (χ3n) is 3.48. The highest BCUT2D eigenvalue weighted by Gasteiger charge is 2.03. The third kappa shape index (κ3) is 3.01. The summed E-state index contributed by atoms with van der Waals surface area (Å²) in [6.45, 7) is -0.410. The lowest BCUT2D eigenvalue weighted by molar-refractivity contribution is 0.273. The molecule has 3 rings (SSSR count). The molecule has 2 aromatic carbocycles. The molecule has 0 aliphatic rings. The minimum Gasteiger partial charge on any atom is -0.491 e. The fourth-order valence-corrected chi connectivity index (χ4v) is 2.32. The highest BCUT2D eigenvalue weighted by atomic mass is 19.1. The molecule has 0 amide bonds. The SMILES string of the molecule is [11CH3]Nc1ccc(-c2ccc3cc(OCCF)ccc3n2)cc1. The van der Waals surface area contributed by atoms with Gasteiger partial charge in [-0.25, -0.2) is 9.37 Å². The summed E-state index contributed by atoms with van der Waals surface area (Å²) in [4.78, 5) is 4.67. The summed E-state index contributed by atoms with van der Waals surface area (Å²) in [5.41, 5.74) is 3.95. The van der Waals surface area contributed by atoms with Crippen LogP contribution in [0.15, 0.2) is 54.6 Å². The number of nitrogens with zero attached hydrogens (tertiary/aromatic N) is 1. The van der Waals surface area contributed by atoms with Crippen LogP contribution in [0.25, 0.3) is 22.2 Å². The van der Waals surface area contributed by atoms with Crippen LogP contribution in [0.3, 0.4) is 0 Å². The molecule has 1 aromatic heterocycles. The molecule has 0 aliphatic heterocycles. The van der Waals surface area contributed by atoms with Crippen molar-refractivity contribution in [2.75, 3.05) is 25.6 Å². The van der Waals surface area contributed by atoms with E-state index in [1.165, 1.54) is 0 Å². The van der Waals surface area contributed by atoms with Gasteiger partial charge in [0, 0.05) is 23.7 Å². The minimum atomic E-state index is -0.488. The van der Waals surface area contributed by atoms with Gasteiger partial charge in [0.15, 0.2) is 0 Å². The lowest BCUT2D eigenvalue weighted by Crippen LogP contribution is -1.98. The first-order valence-corrected chi connectivity index (χ1v) is 7.18. The molecule has 4 heteroatoms. The molecule has 1 N–H and O–H groups in total. The van der Waals surface area contributed by atoms with Gasteiger partial charge < -0.3 is 10.1 Å². The van der Waals surface area contributed by atoms with Crippen LogP contribution >= 0.6 is 0 Å². The van der Waals surface area contributed by atoms with Gasteiger partial charge >= 0.3 is 0 Å². The van der Waals surface area contributed by atoms with Gasteiger partial charge in [-0.15, -0.1) is 0 Å². The van der Waals surface area contributed by atoms with E-state index in [-0.39, 0.29) is 6.61 Å². The minimum absolute atomic E-state index is 0.0782. The number of halogens is 1. The number of alkyl halides is 1. The number of hydrogen-bond acceptors (Lipinski definition) is 3. The van der Waals surface area contributed by atoms with E-state index < -0.39 is 6.67 Å². The van der Waals surface area contributed by atoms with Gasteiger partial charge in [-0.2, -0.15) is 0 Å². The second-order valence-corrected chi connectivity index (χ2v) is 4.92. The number of rotatable bonds is 5. The summed E-state index contributed by atoms with van der Waals surface area (Å²) >= 11 is 0. The molecule has 0 unspecified atom stereocenters. The predicted molar refractivity (Wildman–Crippen MR) is 88.2 cm³/mol. The summed E-state index contributed by atoms with van der Waals surface area (Å²) in [5, 5.41) is 4.08. The molecule has 1 heterocycles. The molecule has 0 fully saturated rings. The maximum atomic E-state index is 12.1. The Bertz CT molecular complexity index is 772. The standard InChI is InChI=1S/C18H17FN2O/c1-20-15-5-2-13(3-6-15)17-8-4-14-12-16(22-11-10-19)7-9-18(14)21-17/h2-9,12,20H,10-11H2,1H3/i1-1. The highest BCUT2D eigenvalue weighted by Crippen LogP contribution is 2.25. The van der Waals surface area contributed by atoms with Gasteiger partial charge in [0.25, 0.3) is 0 Å². The van der Waals surface area contributed by atoms with E-state index in [0.29, 0.717) is 5.75 Å². The Hall–Kier alpha value is -2.62. The molecule has 0 radical (unpaired) electrons. The highest BCUT2D eigenvalue weighted by molar-refractivity contribution is 5.83. The topological polar surface area (TPSA) is 34.1 Å². The summed E-state index contributed by atoms with van der Waals surface area (Å²) in [6.07, 6.45) is 0. The number of anilines is 1. The number of ether oxygens (including phenoxy) is 1. The number of nitrogens with one attached hydrogen (secondary N) is 1. The van der Waals surface area contributed by atoms with Crippen LogP contribution in [0, 0.1) is 0 Å². The number of aromatic nitrogens is 1. The molecule has 0 saturated heterocycles. The molecule has 0 spiro atoms. The zero-order valence-electron chi connectivity index (χ0n) is 12.3. The van der Waals surface area contributed by atoms with Gasteiger partial charge in [0.1, 0.15) is 19.0 Å². The van der Waals surface area contributed by atoms with Crippen LogP contribution in [-0.2, 0) is 0 Å². The second kappa shape index (κ2) is 6.43. The summed E-state index contributed by atoms with van der Waals surface area (Å²) in [5.74, 6) is 0.665. The second-order valence-electron chi connectivity index (χ2n) is 4.92. The zero-order valence-corrected chi connectivity index (χ0v) is 12.3. The van der Waals surface area contributed by atoms with Crippen LogP contribution in [0.5, 0.6) is 5.75 Å². The molecular formula is C18H17FN2O. The van der Waals surface area contributed by atoms with E-state index >= 15 is 0 Å². The molecule has 3 aromatic rings. The first-order valence-electron chi connectivity index (χ1n) is 7.18. The van der Waals surface area contributed by atoms with Crippen LogP contribution in [0.4, 0.5) is 10.1 Å². The van der Waals surface area contributed by atoms with Crippen molar-refractivity contribution in [1.82, 2.24) is 4.98 Å². The number of benzene rings is 2. The van der Waals surface area contributed by atoms with Crippen LogP contribution < -0.4 is 10.1 Å². The average molecular weight is 295 g/mol. The monoisotopic (exact) mass is 295 g/mol. The van der Waals surface area contributed by atoms with Gasteiger partial charge in [-0.1, -0.05) is 18.2 Å². The van der Waals surface area contributed by atoms with E-state index in [2.05, 4.69) is 10.3 Å². The third-order valence-corrected chi connectivity index (χ3v) is 3.48. The lowest BCUT2D eigenvalue weighted by atomic mass is 10.1. The Morgan fingerprint density at radius 1 is 1.05 bits per heavy atom. The van der Waals surface area contributed by atoms with Crippen molar-refractivity contribution in [3.8, 4) is 17.0 Å². The smallest absolute Gasteiger partial charge is 0.123 e. The molecule has 0 atom stereocenters. The van der Waals surface area contributed by atoms with Gasteiger partial charge in [0.05, 0.1) is 11.2 Å². The largest absolute Gasteiger partial charge is 0.491 e. The van der Waals surface area contributed by atoms with Gasteiger partial charge in [-0.3, -0.25) is 0 Å². The van der Waals surface area contributed by atoms with Crippen molar-refractivity contribution >= 4 is 16.6 Å². The molecule has 112 valence electrons. The van der Waals surface area contributed by atoms with Crippen molar-refractivity contribution < 1.29 is 9.13 Å². The summed E-state index contributed by atoms with van der Waals surface area (Å²) < 4.78 is 17.4. The van der Waals surface area contributed by atoms with Crippen molar-refractivity contribution in [2.24, 2.45) is 0 Å². The van der Waals surface area contributed by atoms with E-state index in [0.717, 1.165) is 27.8 Å². The van der Waals surface area contributed by atoms with E-state index in [9.17, 15) is 4.39 Å².